The minimum absolute atomic E-state index is 0.235. The monoisotopic (exact) mass is 243 g/mol. The summed E-state index contributed by atoms with van der Waals surface area (Å²) in [6.07, 6.45) is 9.74. The highest BCUT2D eigenvalue weighted by Gasteiger charge is 2.18. The van der Waals surface area contributed by atoms with E-state index in [1.807, 2.05) is 0 Å². The van der Waals surface area contributed by atoms with Crippen molar-refractivity contribution in [1.29, 1.82) is 0 Å². The molecule has 0 spiro atoms. The van der Waals surface area contributed by atoms with Gasteiger partial charge in [-0.15, -0.1) is 0 Å². The molecule has 1 fully saturated rings. The van der Waals surface area contributed by atoms with Crippen molar-refractivity contribution in [3.8, 4) is 0 Å². The van der Waals surface area contributed by atoms with E-state index >= 15 is 0 Å². The first-order valence-corrected chi connectivity index (χ1v) is 7.09. The van der Waals surface area contributed by atoms with Crippen molar-refractivity contribution in [3.05, 3.63) is 36.0 Å². The van der Waals surface area contributed by atoms with Crippen LogP contribution >= 0.6 is 0 Å². The molecule has 1 N–H and O–H groups in total. The Hall–Kier alpha value is -1.28. The van der Waals surface area contributed by atoms with Gasteiger partial charge in [0.15, 0.2) is 0 Å². The second-order valence-electron chi connectivity index (χ2n) is 5.34. The Morgan fingerprint density at radius 1 is 1.11 bits per heavy atom. The molecule has 1 heterocycles. The molecule has 1 saturated carbocycles. The molecule has 3 rings (SSSR count). The van der Waals surface area contributed by atoms with E-state index in [4.69, 9.17) is 0 Å². The van der Waals surface area contributed by atoms with Gasteiger partial charge >= 0.3 is 0 Å². The molecule has 2 nitrogen and oxygen atoms in total. The molecule has 0 atom stereocenters. The standard InChI is InChI=1S/C16H21NO/c18-11-10-13-12-17(14-6-2-1-3-7-14)16-9-5-4-8-15(13)16/h4-5,8-9,12,14,18H,1-3,6-7,10-11H2. The van der Waals surface area contributed by atoms with Crippen LogP contribution in [0.4, 0.5) is 0 Å². The summed E-state index contributed by atoms with van der Waals surface area (Å²) in [6.45, 7) is 0.235. The lowest BCUT2D eigenvalue weighted by Crippen LogP contribution is -2.11. The van der Waals surface area contributed by atoms with Crippen LogP contribution in [0, 0.1) is 0 Å². The minimum Gasteiger partial charge on any atom is -0.396 e. The number of aliphatic hydroxyl groups is 1. The molecule has 2 heteroatoms. The van der Waals surface area contributed by atoms with Crippen LogP contribution in [0.15, 0.2) is 30.5 Å². The van der Waals surface area contributed by atoms with E-state index in [-0.39, 0.29) is 6.61 Å². The van der Waals surface area contributed by atoms with Crippen molar-refractivity contribution in [3.63, 3.8) is 0 Å². The van der Waals surface area contributed by atoms with Crippen molar-refractivity contribution in [2.75, 3.05) is 6.61 Å². The fraction of sp³-hybridized carbons (Fsp3) is 0.500. The number of hydrogen-bond donors (Lipinski definition) is 1. The first-order chi connectivity index (χ1) is 8.90. The number of rotatable bonds is 3. The molecular weight excluding hydrogens is 222 g/mol. The van der Waals surface area contributed by atoms with Crippen LogP contribution in [-0.2, 0) is 6.42 Å². The minimum atomic E-state index is 0.235. The highest BCUT2D eigenvalue weighted by Crippen LogP contribution is 2.33. The summed E-state index contributed by atoms with van der Waals surface area (Å²) in [4.78, 5) is 0. The molecule has 96 valence electrons. The van der Waals surface area contributed by atoms with Crippen LogP contribution in [0.3, 0.4) is 0 Å². The second kappa shape index (κ2) is 5.15. The van der Waals surface area contributed by atoms with E-state index in [0.717, 1.165) is 6.42 Å². The average Bonchev–Trinajstić information content (AvgIpc) is 2.80. The Balaban J connectivity index is 2.04. The van der Waals surface area contributed by atoms with Gasteiger partial charge in [-0.3, -0.25) is 0 Å². The summed E-state index contributed by atoms with van der Waals surface area (Å²) in [5.74, 6) is 0. The molecule has 0 bridgehead atoms. The van der Waals surface area contributed by atoms with Crippen LogP contribution in [0.1, 0.15) is 43.7 Å². The summed E-state index contributed by atoms with van der Waals surface area (Å²) in [7, 11) is 0. The Morgan fingerprint density at radius 3 is 2.67 bits per heavy atom. The Kier molecular flexibility index (Phi) is 3.37. The highest BCUT2D eigenvalue weighted by molar-refractivity contribution is 5.84. The molecule has 1 aliphatic carbocycles. The largest absolute Gasteiger partial charge is 0.396 e. The molecule has 0 amide bonds. The van der Waals surface area contributed by atoms with Gasteiger partial charge in [-0.05, 0) is 30.9 Å². The van der Waals surface area contributed by atoms with Gasteiger partial charge in [0.2, 0.25) is 0 Å². The molecule has 1 aromatic heterocycles. The van der Waals surface area contributed by atoms with Gasteiger partial charge in [0.05, 0.1) is 0 Å². The molecule has 1 aromatic carbocycles. The summed E-state index contributed by atoms with van der Waals surface area (Å²) in [5.41, 5.74) is 2.63. The Bertz CT molecular complexity index is 523. The normalized spacial score (nSPS) is 17.4. The number of nitrogens with zero attached hydrogens (tertiary/aromatic N) is 1. The zero-order valence-electron chi connectivity index (χ0n) is 10.8. The average molecular weight is 243 g/mol. The zero-order valence-corrected chi connectivity index (χ0v) is 10.8. The third-order valence-corrected chi connectivity index (χ3v) is 4.17. The highest BCUT2D eigenvalue weighted by atomic mass is 16.2. The summed E-state index contributed by atoms with van der Waals surface area (Å²) >= 11 is 0. The number of benzene rings is 1. The van der Waals surface area contributed by atoms with Crippen LogP contribution in [0.25, 0.3) is 10.9 Å². The number of fused-ring (bicyclic) bond motifs is 1. The van der Waals surface area contributed by atoms with E-state index in [9.17, 15) is 5.11 Å². The van der Waals surface area contributed by atoms with E-state index in [1.165, 1.54) is 48.6 Å². The molecule has 2 aromatic rings. The maximum absolute atomic E-state index is 9.19. The van der Waals surface area contributed by atoms with Gasteiger partial charge in [-0.25, -0.2) is 0 Å². The van der Waals surface area contributed by atoms with E-state index in [1.54, 1.807) is 0 Å². The number of aliphatic hydroxyl groups excluding tert-OH is 1. The summed E-state index contributed by atoms with van der Waals surface area (Å²) in [6, 6.07) is 9.26. The maximum Gasteiger partial charge on any atom is 0.0485 e. The van der Waals surface area contributed by atoms with Gasteiger partial charge in [-0.1, -0.05) is 37.5 Å². The van der Waals surface area contributed by atoms with E-state index < -0.39 is 0 Å². The van der Waals surface area contributed by atoms with Crippen LogP contribution in [0.5, 0.6) is 0 Å². The van der Waals surface area contributed by atoms with Gasteiger partial charge in [0.1, 0.15) is 0 Å². The fourth-order valence-corrected chi connectivity index (χ4v) is 3.26. The van der Waals surface area contributed by atoms with E-state index in [0.29, 0.717) is 6.04 Å². The molecule has 18 heavy (non-hydrogen) atoms. The van der Waals surface area contributed by atoms with Crippen LogP contribution in [-0.4, -0.2) is 16.3 Å². The molecular formula is C16H21NO. The SMILES string of the molecule is OCCc1cn(C2CCCCC2)c2ccccc12. The second-order valence-corrected chi connectivity index (χ2v) is 5.34. The predicted octanol–water partition coefficient (Wildman–Crippen LogP) is 3.68. The summed E-state index contributed by atoms with van der Waals surface area (Å²) < 4.78 is 2.46. The van der Waals surface area contributed by atoms with Crippen molar-refractivity contribution in [2.45, 2.75) is 44.6 Å². The summed E-state index contributed by atoms with van der Waals surface area (Å²) in [5, 5.41) is 10.5. The quantitative estimate of drug-likeness (QED) is 0.874. The first-order valence-electron chi connectivity index (χ1n) is 7.09. The van der Waals surface area contributed by atoms with Gasteiger partial charge in [0.25, 0.3) is 0 Å². The van der Waals surface area contributed by atoms with Crippen LogP contribution in [0.2, 0.25) is 0 Å². The van der Waals surface area contributed by atoms with E-state index in [2.05, 4.69) is 35.0 Å². The molecule has 0 aliphatic heterocycles. The lowest BCUT2D eigenvalue weighted by molar-refractivity contribution is 0.299. The smallest absolute Gasteiger partial charge is 0.0485 e. The molecule has 1 aliphatic rings. The molecule has 0 radical (unpaired) electrons. The topological polar surface area (TPSA) is 25.2 Å². The van der Waals surface area contributed by atoms with Crippen molar-refractivity contribution in [1.82, 2.24) is 4.57 Å². The van der Waals surface area contributed by atoms with Crippen LogP contribution < -0.4 is 0 Å². The van der Waals surface area contributed by atoms with Gasteiger partial charge < -0.3 is 9.67 Å². The van der Waals surface area contributed by atoms with Crippen molar-refractivity contribution in [2.24, 2.45) is 0 Å². The molecule has 0 unspecified atom stereocenters. The third kappa shape index (κ3) is 2.05. The number of para-hydroxylation sites is 1. The number of hydrogen-bond acceptors (Lipinski definition) is 1. The van der Waals surface area contributed by atoms with Crippen molar-refractivity contribution < 1.29 is 5.11 Å². The third-order valence-electron chi connectivity index (χ3n) is 4.17. The number of aromatic nitrogens is 1. The predicted molar refractivity (Wildman–Crippen MR) is 74.8 cm³/mol. The van der Waals surface area contributed by atoms with Gasteiger partial charge in [0, 0.05) is 29.7 Å². The van der Waals surface area contributed by atoms with Crippen molar-refractivity contribution >= 4 is 10.9 Å². The Labute approximate surface area is 108 Å². The lowest BCUT2D eigenvalue weighted by Gasteiger charge is -2.24. The van der Waals surface area contributed by atoms with Gasteiger partial charge in [-0.2, -0.15) is 0 Å². The Morgan fingerprint density at radius 2 is 1.89 bits per heavy atom. The lowest BCUT2D eigenvalue weighted by atomic mass is 9.95. The first kappa shape index (κ1) is 11.8. The molecule has 0 saturated heterocycles. The fourth-order valence-electron chi connectivity index (χ4n) is 3.26. The maximum atomic E-state index is 9.19. The zero-order chi connectivity index (χ0) is 12.4.